The maximum Gasteiger partial charge on any atom is 0.0710 e. The molecular weight excluding hydrogens is 518 g/mol. The van der Waals surface area contributed by atoms with Gasteiger partial charge in [-0.3, -0.25) is 9.97 Å². The first kappa shape index (κ1) is 21.8. The summed E-state index contributed by atoms with van der Waals surface area (Å²) in [7, 11) is 0. The van der Waals surface area contributed by atoms with Gasteiger partial charge < -0.3 is 0 Å². The lowest BCUT2D eigenvalue weighted by molar-refractivity contribution is 1.39. The predicted octanol–water partition coefficient (Wildman–Crippen LogP) is 9.09. The summed E-state index contributed by atoms with van der Waals surface area (Å²) in [6.07, 6.45) is 3.77. The van der Waals surface area contributed by atoms with Crippen LogP contribution in [0.4, 0.5) is 0 Å². The number of para-hydroxylation sites is 2. The lowest BCUT2D eigenvalue weighted by Crippen LogP contribution is -1.91. The Morgan fingerprint density at radius 2 is 1.08 bits per heavy atom. The van der Waals surface area contributed by atoms with Crippen molar-refractivity contribution in [2.24, 2.45) is 0 Å². The summed E-state index contributed by atoms with van der Waals surface area (Å²) in [5.41, 5.74) is 9.50. The minimum atomic E-state index is 0.939. The van der Waals surface area contributed by atoms with Crippen LogP contribution in [0.15, 0.2) is 126 Å². The van der Waals surface area contributed by atoms with E-state index in [1.807, 2.05) is 30.6 Å². The van der Waals surface area contributed by atoms with Gasteiger partial charge in [0.2, 0.25) is 0 Å². The summed E-state index contributed by atoms with van der Waals surface area (Å²) in [5, 5.41) is 3.36. The largest absolute Gasteiger partial charge is 0.256 e. The first-order valence-corrected chi connectivity index (χ1v) is 12.9. The number of nitrogens with zero attached hydrogens (tertiary/aromatic N) is 3. The van der Waals surface area contributed by atoms with Crippen molar-refractivity contribution in [3.63, 3.8) is 0 Å². The van der Waals surface area contributed by atoms with Gasteiger partial charge in [0.1, 0.15) is 0 Å². The van der Waals surface area contributed by atoms with Crippen LogP contribution in [0.3, 0.4) is 0 Å². The Bertz CT molecular complexity index is 1850. The Balaban J connectivity index is 1.51. The van der Waals surface area contributed by atoms with E-state index in [9.17, 15) is 0 Å². The monoisotopic (exact) mass is 537 g/mol. The average Bonchev–Trinajstić information content (AvgIpc) is 2.96. The van der Waals surface area contributed by atoms with Crippen molar-refractivity contribution in [2.45, 2.75) is 0 Å². The molecule has 7 rings (SSSR count). The lowest BCUT2D eigenvalue weighted by Gasteiger charge is -2.14. The highest BCUT2D eigenvalue weighted by Crippen LogP contribution is 2.37. The SMILES string of the molecule is Brc1ccc2nc(-c3cc(-c4ccnc5ccccc45)cc(-c4ccnc5ccccc45)c3)ccc2c1. The molecule has 3 nitrogen and oxygen atoms in total. The summed E-state index contributed by atoms with van der Waals surface area (Å²) >= 11 is 3.57. The molecule has 0 atom stereocenters. The first-order chi connectivity index (χ1) is 18.2. The summed E-state index contributed by atoms with van der Waals surface area (Å²) < 4.78 is 1.05. The number of rotatable bonds is 3. The second kappa shape index (κ2) is 8.91. The second-order valence-electron chi connectivity index (χ2n) is 9.08. The smallest absolute Gasteiger partial charge is 0.0710 e. The van der Waals surface area contributed by atoms with Gasteiger partial charge in [0, 0.05) is 38.6 Å². The fraction of sp³-hybridized carbons (Fsp3) is 0. The third-order valence-electron chi connectivity index (χ3n) is 6.80. The zero-order chi connectivity index (χ0) is 24.8. The van der Waals surface area contributed by atoms with E-state index in [-0.39, 0.29) is 0 Å². The highest BCUT2D eigenvalue weighted by Gasteiger charge is 2.13. The fourth-order valence-electron chi connectivity index (χ4n) is 5.04. The van der Waals surface area contributed by atoms with Gasteiger partial charge in [0.15, 0.2) is 0 Å². The molecule has 37 heavy (non-hydrogen) atoms. The Morgan fingerprint density at radius 3 is 1.73 bits per heavy atom. The molecular formula is C33H20BrN3. The predicted molar refractivity (Wildman–Crippen MR) is 156 cm³/mol. The molecule has 0 spiro atoms. The molecule has 7 aromatic rings. The number of halogens is 1. The number of fused-ring (bicyclic) bond motifs is 3. The molecule has 0 N–H and O–H groups in total. The molecule has 0 aliphatic rings. The summed E-state index contributed by atoms with van der Waals surface area (Å²) in [4.78, 5) is 14.2. The highest BCUT2D eigenvalue weighted by molar-refractivity contribution is 9.10. The van der Waals surface area contributed by atoms with Crippen molar-refractivity contribution in [3.05, 3.63) is 126 Å². The van der Waals surface area contributed by atoms with Gasteiger partial charge >= 0.3 is 0 Å². The zero-order valence-electron chi connectivity index (χ0n) is 19.8. The zero-order valence-corrected chi connectivity index (χ0v) is 21.4. The van der Waals surface area contributed by atoms with Crippen molar-refractivity contribution in [3.8, 4) is 33.5 Å². The molecule has 0 aliphatic carbocycles. The van der Waals surface area contributed by atoms with Crippen LogP contribution in [0.5, 0.6) is 0 Å². The van der Waals surface area contributed by atoms with E-state index in [0.717, 1.165) is 70.7 Å². The molecule has 0 fully saturated rings. The molecule has 0 saturated carbocycles. The third-order valence-corrected chi connectivity index (χ3v) is 7.29. The third kappa shape index (κ3) is 3.96. The number of hydrogen-bond donors (Lipinski definition) is 0. The van der Waals surface area contributed by atoms with Gasteiger partial charge in [-0.25, -0.2) is 4.98 Å². The van der Waals surface area contributed by atoms with Crippen LogP contribution in [0.25, 0.3) is 66.2 Å². The van der Waals surface area contributed by atoms with E-state index in [1.54, 1.807) is 0 Å². The molecule has 0 unspecified atom stereocenters. The molecule has 0 bridgehead atoms. The topological polar surface area (TPSA) is 38.7 Å². The summed E-state index contributed by atoms with van der Waals surface area (Å²) in [6.45, 7) is 0. The molecule has 0 radical (unpaired) electrons. The standard InChI is InChI=1S/C33H20BrN3/c34-25-10-12-30-21(20-25)9-11-31(37-30)24-18-22(26-13-15-35-32-7-3-1-5-28(26)32)17-23(19-24)27-14-16-36-33-8-4-2-6-29(27)33/h1-20H. The second-order valence-corrected chi connectivity index (χ2v) is 10.00. The van der Waals surface area contributed by atoms with Crippen molar-refractivity contribution in [1.82, 2.24) is 15.0 Å². The van der Waals surface area contributed by atoms with Gasteiger partial charge in [0.05, 0.1) is 22.2 Å². The van der Waals surface area contributed by atoms with Gasteiger partial charge in [-0.05, 0) is 89.0 Å². The minimum Gasteiger partial charge on any atom is -0.256 e. The van der Waals surface area contributed by atoms with Crippen LogP contribution in [-0.4, -0.2) is 15.0 Å². The van der Waals surface area contributed by atoms with Crippen molar-refractivity contribution < 1.29 is 0 Å². The Labute approximate surface area is 222 Å². The first-order valence-electron chi connectivity index (χ1n) is 12.1. The van der Waals surface area contributed by atoms with Crippen LogP contribution in [0, 0.1) is 0 Å². The maximum absolute atomic E-state index is 5.04. The van der Waals surface area contributed by atoms with Crippen molar-refractivity contribution >= 4 is 48.6 Å². The van der Waals surface area contributed by atoms with E-state index in [1.165, 1.54) is 0 Å². The summed E-state index contributed by atoms with van der Waals surface area (Å²) in [6, 6.07) is 38.0. The fourth-order valence-corrected chi connectivity index (χ4v) is 5.42. The van der Waals surface area contributed by atoms with Gasteiger partial charge in [-0.2, -0.15) is 0 Å². The van der Waals surface area contributed by atoms with Crippen LogP contribution < -0.4 is 0 Å². The van der Waals surface area contributed by atoms with Crippen LogP contribution in [0.2, 0.25) is 0 Å². The van der Waals surface area contributed by atoms with E-state index in [4.69, 9.17) is 4.98 Å². The van der Waals surface area contributed by atoms with Crippen molar-refractivity contribution in [1.29, 1.82) is 0 Å². The lowest BCUT2D eigenvalue weighted by atomic mass is 9.92. The van der Waals surface area contributed by atoms with E-state index in [2.05, 4.69) is 117 Å². The number of hydrogen-bond acceptors (Lipinski definition) is 3. The van der Waals surface area contributed by atoms with Crippen LogP contribution in [0.1, 0.15) is 0 Å². The molecule has 0 aliphatic heterocycles. The molecule has 0 amide bonds. The highest BCUT2D eigenvalue weighted by atomic mass is 79.9. The average molecular weight is 538 g/mol. The normalized spacial score (nSPS) is 11.4. The Morgan fingerprint density at radius 1 is 0.486 bits per heavy atom. The van der Waals surface area contributed by atoms with E-state index in [0.29, 0.717) is 0 Å². The van der Waals surface area contributed by atoms with Gasteiger partial charge in [0.25, 0.3) is 0 Å². The molecule has 174 valence electrons. The van der Waals surface area contributed by atoms with Crippen LogP contribution in [-0.2, 0) is 0 Å². The molecule has 3 aromatic heterocycles. The molecule has 0 saturated heterocycles. The maximum atomic E-state index is 5.04. The Kier molecular flexibility index (Phi) is 5.26. The van der Waals surface area contributed by atoms with E-state index >= 15 is 0 Å². The van der Waals surface area contributed by atoms with Gasteiger partial charge in [-0.1, -0.05) is 58.4 Å². The van der Waals surface area contributed by atoms with E-state index < -0.39 is 0 Å². The summed E-state index contributed by atoms with van der Waals surface area (Å²) in [5.74, 6) is 0. The van der Waals surface area contributed by atoms with Crippen LogP contribution >= 0.6 is 15.9 Å². The molecule has 4 heteroatoms. The number of benzene rings is 4. The van der Waals surface area contributed by atoms with Crippen molar-refractivity contribution in [2.75, 3.05) is 0 Å². The Hall–Kier alpha value is -4.41. The molecule has 4 aromatic carbocycles. The number of aromatic nitrogens is 3. The minimum absolute atomic E-state index is 0.939. The quantitative estimate of drug-likeness (QED) is 0.225. The number of pyridine rings is 3. The van der Waals surface area contributed by atoms with Gasteiger partial charge in [-0.15, -0.1) is 0 Å². The molecule has 3 heterocycles.